The van der Waals surface area contributed by atoms with Crippen LogP contribution >= 0.6 is 15.9 Å². The summed E-state index contributed by atoms with van der Waals surface area (Å²) >= 11 is 3.36. The molecule has 2 aromatic heterocycles. The molecule has 0 spiro atoms. The first kappa shape index (κ1) is 19.0. The van der Waals surface area contributed by atoms with Gasteiger partial charge >= 0.3 is 5.69 Å². The molecule has 3 aromatic rings. The summed E-state index contributed by atoms with van der Waals surface area (Å²) in [6, 6.07) is 8.59. The van der Waals surface area contributed by atoms with E-state index in [0.717, 1.165) is 10.1 Å². The van der Waals surface area contributed by atoms with Gasteiger partial charge in [0.05, 0.1) is 6.54 Å². The van der Waals surface area contributed by atoms with Crippen molar-refractivity contribution in [3.8, 4) is 0 Å². The van der Waals surface area contributed by atoms with Gasteiger partial charge in [0.1, 0.15) is 0 Å². The lowest BCUT2D eigenvalue weighted by Gasteiger charge is -2.09. The molecular weight excluding hydrogens is 412 g/mol. The highest BCUT2D eigenvalue weighted by Crippen LogP contribution is 2.16. The molecule has 8 heteroatoms. The lowest BCUT2D eigenvalue weighted by atomic mass is 10.1. The van der Waals surface area contributed by atoms with Crippen LogP contribution in [-0.4, -0.2) is 24.5 Å². The van der Waals surface area contributed by atoms with Crippen molar-refractivity contribution in [3.63, 3.8) is 0 Å². The Morgan fingerprint density at radius 1 is 1.15 bits per heavy atom. The first-order chi connectivity index (χ1) is 12.8. The maximum atomic E-state index is 13.0. The van der Waals surface area contributed by atoms with Crippen LogP contribution in [0.15, 0.2) is 56.3 Å². The summed E-state index contributed by atoms with van der Waals surface area (Å²) in [7, 11) is 1.54. The molecule has 0 atom stereocenters. The number of carbonyl (C=O) groups excluding carboxylic acids is 1. The summed E-state index contributed by atoms with van der Waals surface area (Å²) in [4.78, 5) is 42.5. The van der Waals surface area contributed by atoms with Crippen molar-refractivity contribution in [2.75, 3.05) is 0 Å². The topological polar surface area (TPSA) is 78.9 Å². The van der Waals surface area contributed by atoms with Crippen LogP contribution < -0.4 is 11.2 Å². The second-order valence-electron chi connectivity index (χ2n) is 6.47. The van der Waals surface area contributed by atoms with E-state index < -0.39 is 11.2 Å². The van der Waals surface area contributed by atoms with Crippen LogP contribution in [0.5, 0.6) is 0 Å². The largest absolute Gasteiger partial charge is 0.332 e. The third-order valence-electron chi connectivity index (χ3n) is 4.27. The Kier molecular flexibility index (Phi) is 5.27. The lowest BCUT2D eigenvalue weighted by Crippen LogP contribution is -2.41. The Morgan fingerprint density at radius 3 is 2.44 bits per heavy atom. The van der Waals surface area contributed by atoms with Crippen LogP contribution in [0.2, 0.25) is 0 Å². The Bertz CT molecular complexity index is 1170. The molecule has 0 N–H and O–H groups in total. The Labute approximate surface area is 163 Å². The number of Topliss-reactive ketones (excluding diaryl/α,β-unsaturated/α-hetero) is 1. The van der Waals surface area contributed by atoms with Gasteiger partial charge in [0, 0.05) is 19.2 Å². The normalized spacial score (nSPS) is 11.0. The average Bonchev–Trinajstić information content (AvgIpc) is 2.98. The van der Waals surface area contributed by atoms with E-state index in [1.807, 2.05) is 19.9 Å². The maximum Gasteiger partial charge on any atom is 0.332 e. The molecular formula is C19H19BrN4O3. The zero-order chi connectivity index (χ0) is 19.7. The third-order valence-corrected chi connectivity index (χ3v) is 4.87. The highest BCUT2D eigenvalue weighted by molar-refractivity contribution is 9.10. The van der Waals surface area contributed by atoms with Gasteiger partial charge in [-0.1, -0.05) is 42.0 Å². The maximum absolute atomic E-state index is 13.0. The molecule has 0 aliphatic rings. The van der Waals surface area contributed by atoms with Crippen LogP contribution in [0, 0.1) is 0 Å². The van der Waals surface area contributed by atoms with Gasteiger partial charge in [0.15, 0.2) is 21.7 Å². The lowest BCUT2D eigenvalue weighted by molar-refractivity contribution is 0.0969. The molecule has 3 rings (SSSR count). The number of aryl methyl sites for hydroxylation is 1. The predicted octanol–water partition coefficient (Wildman–Crippen LogP) is 2.51. The van der Waals surface area contributed by atoms with Gasteiger partial charge in [-0.05, 0) is 29.8 Å². The summed E-state index contributed by atoms with van der Waals surface area (Å²) < 4.78 is 4.39. The van der Waals surface area contributed by atoms with Crippen LogP contribution in [0.25, 0.3) is 11.2 Å². The van der Waals surface area contributed by atoms with E-state index in [1.165, 1.54) is 11.6 Å². The zero-order valence-corrected chi connectivity index (χ0v) is 16.9. The number of ketones is 1. The average molecular weight is 431 g/mol. The predicted molar refractivity (Wildman–Crippen MR) is 107 cm³/mol. The molecule has 2 heterocycles. The molecule has 0 fully saturated rings. The van der Waals surface area contributed by atoms with Crippen molar-refractivity contribution in [2.45, 2.75) is 26.9 Å². The number of allylic oxidation sites excluding steroid dienone is 2. The number of benzene rings is 1. The minimum atomic E-state index is -0.573. The minimum Gasteiger partial charge on any atom is -0.309 e. The molecule has 7 nitrogen and oxygen atoms in total. The van der Waals surface area contributed by atoms with Gasteiger partial charge < -0.3 is 4.57 Å². The van der Waals surface area contributed by atoms with Crippen LogP contribution in [-0.2, 0) is 20.1 Å². The Morgan fingerprint density at radius 2 is 1.81 bits per heavy atom. The van der Waals surface area contributed by atoms with E-state index in [2.05, 4.69) is 20.9 Å². The monoisotopic (exact) mass is 430 g/mol. The second kappa shape index (κ2) is 7.48. The van der Waals surface area contributed by atoms with Gasteiger partial charge in [-0.3, -0.25) is 18.7 Å². The molecule has 0 saturated carbocycles. The fourth-order valence-corrected chi connectivity index (χ4v) is 3.27. The van der Waals surface area contributed by atoms with Gasteiger partial charge in [-0.25, -0.2) is 9.78 Å². The van der Waals surface area contributed by atoms with Gasteiger partial charge in [-0.2, -0.15) is 0 Å². The van der Waals surface area contributed by atoms with E-state index in [0.29, 0.717) is 16.8 Å². The molecule has 140 valence electrons. The number of hydrogen-bond acceptors (Lipinski definition) is 4. The SMILES string of the molecule is CC(C)=CCn1c(Br)nc2c1c(=O)n(CC(=O)c1ccccc1)c(=O)n2C. The number of halogens is 1. The summed E-state index contributed by atoms with van der Waals surface area (Å²) in [6.45, 7) is 4.02. The summed E-state index contributed by atoms with van der Waals surface area (Å²) in [5, 5.41) is 0. The van der Waals surface area contributed by atoms with E-state index in [1.54, 1.807) is 34.9 Å². The fourth-order valence-electron chi connectivity index (χ4n) is 2.78. The minimum absolute atomic E-state index is 0.280. The summed E-state index contributed by atoms with van der Waals surface area (Å²) in [6.07, 6.45) is 1.95. The first-order valence-corrected chi connectivity index (χ1v) is 9.17. The van der Waals surface area contributed by atoms with E-state index in [-0.39, 0.29) is 23.5 Å². The number of rotatable bonds is 5. The number of imidazole rings is 1. The van der Waals surface area contributed by atoms with Crippen LogP contribution in [0.1, 0.15) is 24.2 Å². The Balaban J connectivity index is 2.18. The highest BCUT2D eigenvalue weighted by atomic mass is 79.9. The van der Waals surface area contributed by atoms with Crippen molar-refractivity contribution in [1.82, 2.24) is 18.7 Å². The van der Waals surface area contributed by atoms with Gasteiger partial charge in [0.25, 0.3) is 5.56 Å². The van der Waals surface area contributed by atoms with Crippen LogP contribution in [0.3, 0.4) is 0 Å². The number of carbonyl (C=O) groups is 1. The van der Waals surface area contributed by atoms with Crippen molar-refractivity contribution in [1.29, 1.82) is 0 Å². The van der Waals surface area contributed by atoms with E-state index in [4.69, 9.17) is 0 Å². The standard InChI is InChI=1S/C19H19BrN4O3/c1-12(2)9-10-23-15-16(21-18(23)20)22(3)19(27)24(17(15)26)11-14(25)13-7-5-4-6-8-13/h4-9H,10-11H2,1-3H3. The first-order valence-electron chi connectivity index (χ1n) is 8.38. The van der Waals surface area contributed by atoms with Crippen LogP contribution in [0.4, 0.5) is 0 Å². The van der Waals surface area contributed by atoms with Crippen molar-refractivity contribution >= 4 is 32.9 Å². The molecule has 0 bridgehead atoms. The molecule has 0 radical (unpaired) electrons. The molecule has 27 heavy (non-hydrogen) atoms. The van der Waals surface area contributed by atoms with Crippen molar-refractivity contribution in [3.05, 3.63) is 73.1 Å². The zero-order valence-electron chi connectivity index (χ0n) is 15.3. The second-order valence-corrected chi connectivity index (χ2v) is 7.18. The summed E-state index contributed by atoms with van der Waals surface area (Å²) in [5.74, 6) is -0.302. The molecule has 0 amide bonds. The number of nitrogens with zero attached hydrogens (tertiary/aromatic N) is 4. The van der Waals surface area contributed by atoms with E-state index >= 15 is 0 Å². The molecule has 0 aliphatic heterocycles. The Hall–Kier alpha value is -2.74. The van der Waals surface area contributed by atoms with E-state index in [9.17, 15) is 14.4 Å². The number of aromatic nitrogens is 4. The molecule has 0 saturated heterocycles. The number of fused-ring (bicyclic) bond motifs is 1. The van der Waals surface area contributed by atoms with Gasteiger partial charge in [-0.15, -0.1) is 0 Å². The van der Waals surface area contributed by atoms with Crippen molar-refractivity contribution < 1.29 is 4.79 Å². The summed E-state index contributed by atoms with van der Waals surface area (Å²) in [5.41, 5.74) is 0.998. The van der Waals surface area contributed by atoms with Crippen molar-refractivity contribution in [2.24, 2.45) is 7.05 Å². The van der Waals surface area contributed by atoms with Gasteiger partial charge in [0.2, 0.25) is 0 Å². The molecule has 0 unspecified atom stereocenters. The number of hydrogen-bond donors (Lipinski definition) is 0. The molecule has 1 aromatic carbocycles. The highest BCUT2D eigenvalue weighted by Gasteiger charge is 2.20. The fraction of sp³-hybridized carbons (Fsp3) is 0.263. The molecule has 0 aliphatic carbocycles. The smallest absolute Gasteiger partial charge is 0.309 e. The quantitative estimate of drug-likeness (QED) is 0.353. The third kappa shape index (κ3) is 3.57.